The fraction of sp³-hybridized carbons (Fsp3) is 0.154. The number of aromatic nitrogens is 1. The van der Waals surface area contributed by atoms with Gasteiger partial charge in [0.25, 0.3) is 0 Å². The molecule has 0 aliphatic heterocycles. The predicted molar refractivity (Wildman–Crippen MR) is 71.1 cm³/mol. The highest BCUT2D eigenvalue weighted by Crippen LogP contribution is 2.16. The second-order valence-electron chi connectivity index (χ2n) is 4.08. The molecule has 1 aromatic carbocycles. The largest absolute Gasteiger partial charge is 0.487 e. The lowest BCUT2D eigenvalue weighted by Crippen LogP contribution is -2.11. The Morgan fingerprint density at radius 1 is 1.16 bits per heavy atom. The molecular weight excluding hydrogens is 264 g/mol. The highest BCUT2D eigenvalue weighted by Gasteiger charge is 2.07. The topological polar surface area (TPSA) is 82.3 Å². The summed E-state index contributed by atoms with van der Waals surface area (Å²) < 4.78 is 27.7. The second kappa shape index (κ2) is 5.38. The number of aryl methyl sites for hydroxylation is 1. The number of primary sulfonamides is 1. The molecule has 0 atom stereocenters. The van der Waals surface area contributed by atoms with Crippen LogP contribution in [0.15, 0.2) is 47.4 Å². The Kier molecular flexibility index (Phi) is 3.82. The van der Waals surface area contributed by atoms with E-state index < -0.39 is 10.0 Å². The van der Waals surface area contributed by atoms with Crippen LogP contribution in [0.1, 0.15) is 11.4 Å². The fourth-order valence-corrected chi connectivity index (χ4v) is 2.08. The first-order chi connectivity index (χ1) is 8.95. The van der Waals surface area contributed by atoms with Crippen LogP contribution in [-0.4, -0.2) is 13.4 Å². The zero-order valence-corrected chi connectivity index (χ0v) is 11.2. The van der Waals surface area contributed by atoms with Gasteiger partial charge in [0, 0.05) is 5.69 Å². The lowest BCUT2D eigenvalue weighted by atomic mass is 10.3. The molecule has 0 unspecified atom stereocenters. The number of nitrogens with two attached hydrogens (primary N) is 1. The Bertz CT molecular complexity index is 667. The zero-order valence-electron chi connectivity index (χ0n) is 10.4. The summed E-state index contributed by atoms with van der Waals surface area (Å²) in [6.45, 7) is 2.24. The Balaban J connectivity index is 2.05. The standard InChI is InChI=1S/C13H14N2O3S/c1-10-3-2-4-11(15-10)9-18-12-5-7-13(8-6-12)19(14,16)17/h2-8H,9H2,1H3,(H2,14,16,17). The first-order valence-electron chi connectivity index (χ1n) is 5.63. The Morgan fingerprint density at radius 3 is 2.42 bits per heavy atom. The first-order valence-corrected chi connectivity index (χ1v) is 7.18. The van der Waals surface area contributed by atoms with Gasteiger partial charge in [0.2, 0.25) is 10.0 Å². The SMILES string of the molecule is Cc1cccc(COc2ccc(S(N)(=O)=O)cc2)n1. The molecule has 100 valence electrons. The molecule has 0 spiro atoms. The maximum absolute atomic E-state index is 11.1. The third kappa shape index (κ3) is 3.77. The van der Waals surface area contributed by atoms with Gasteiger partial charge in [-0.3, -0.25) is 4.98 Å². The molecule has 5 nitrogen and oxygen atoms in total. The van der Waals surface area contributed by atoms with Crippen molar-refractivity contribution in [3.63, 3.8) is 0 Å². The van der Waals surface area contributed by atoms with Crippen LogP contribution < -0.4 is 9.88 Å². The smallest absolute Gasteiger partial charge is 0.238 e. The number of hydrogen-bond donors (Lipinski definition) is 1. The van der Waals surface area contributed by atoms with E-state index in [4.69, 9.17) is 9.88 Å². The maximum Gasteiger partial charge on any atom is 0.238 e. The molecule has 0 fully saturated rings. The minimum absolute atomic E-state index is 0.0635. The van der Waals surface area contributed by atoms with E-state index >= 15 is 0 Å². The number of benzene rings is 1. The van der Waals surface area contributed by atoms with Crippen LogP contribution in [0, 0.1) is 6.92 Å². The lowest BCUT2D eigenvalue weighted by molar-refractivity contribution is 0.301. The van der Waals surface area contributed by atoms with Crippen LogP contribution in [-0.2, 0) is 16.6 Å². The minimum Gasteiger partial charge on any atom is -0.487 e. The molecule has 0 aliphatic carbocycles. The highest BCUT2D eigenvalue weighted by atomic mass is 32.2. The van der Waals surface area contributed by atoms with Crippen LogP contribution in [0.3, 0.4) is 0 Å². The van der Waals surface area contributed by atoms with Crippen LogP contribution in [0.25, 0.3) is 0 Å². The van der Waals surface area contributed by atoms with E-state index in [1.807, 2.05) is 25.1 Å². The Hall–Kier alpha value is -1.92. The van der Waals surface area contributed by atoms with Crippen molar-refractivity contribution in [1.29, 1.82) is 0 Å². The number of hydrogen-bond acceptors (Lipinski definition) is 4. The van der Waals surface area contributed by atoms with E-state index in [0.29, 0.717) is 12.4 Å². The summed E-state index contributed by atoms with van der Waals surface area (Å²) in [6, 6.07) is 11.6. The van der Waals surface area contributed by atoms with Crippen molar-refractivity contribution in [3.8, 4) is 5.75 Å². The number of ether oxygens (including phenoxy) is 1. The molecular formula is C13H14N2O3S. The lowest BCUT2D eigenvalue weighted by Gasteiger charge is -2.06. The summed E-state index contributed by atoms with van der Waals surface area (Å²) in [5.41, 5.74) is 1.74. The van der Waals surface area contributed by atoms with Crippen LogP contribution in [0.4, 0.5) is 0 Å². The summed E-state index contributed by atoms with van der Waals surface area (Å²) in [6.07, 6.45) is 0. The summed E-state index contributed by atoms with van der Waals surface area (Å²) in [4.78, 5) is 4.37. The molecule has 0 saturated carbocycles. The van der Waals surface area contributed by atoms with Gasteiger partial charge in [-0.25, -0.2) is 13.6 Å². The van der Waals surface area contributed by atoms with E-state index in [-0.39, 0.29) is 4.90 Å². The number of rotatable bonds is 4. The molecule has 1 heterocycles. The van der Waals surface area contributed by atoms with Crippen molar-refractivity contribution in [2.75, 3.05) is 0 Å². The van der Waals surface area contributed by atoms with Crippen molar-refractivity contribution in [3.05, 3.63) is 53.9 Å². The van der Waals surface area contributed by atoms with Crippen molar-refractivity contribution in [1.82, 2.24) is 4.98 Å². The summed E-state index contributed by atoms with van der Waals surface area (Å²) in [5, 5.41) is 5.01. The Morgan fingerprint density at radius 2 is 1.84 bits per heavy atom. The van der Waals surface area contributed by atoms with Crippen LogP contribution >= 0.6 is 0 Å². The van der Waals surface area contributed by atoms with Gasteiger partial charge in [-0.1, -0.05) is 6.07 Å². The second-order valence-corrected chi connectivity index (χ2v) is 5.64. The van der Waals surface area contributed by atoms with Crippen molar-refractivity contribution in [2.24, 2.45) is 5.14 Å². The molecule has 2 aromatic rings. The van der Waals surface area contributed by atoms with E-state index in [9.17, 15) is 8.42 Å². The van der Waals surface area contributed by atoms with Gasteiger partial charge in [-0.05, 0) is 43.3 Å². The van der Waals surface area contributed by atoms with Gasteiger partial charge >= 0.3 is 0 Å². The maximum atomic E-state index is 11.1. The molecule has 0 amide bonds. The quantitative estimate of drug-likeness (QED) is 0.921. The molecule has 0 saturated heterocycles. The molecule has 19 heavy (non-hydrogen) atoms. The molecule has 2 N–H and O–H groups in total. The van der Waals surface area contributed by atoms with Crippen LogP contribution in [0.5, 0.6) is 5.75 Å². The molecule has 6 heteroatoms. The van der Waals surface area contributed by atoms with Gasteiger partial charge in [-0.2, -0.15) is 0 Å². The summed E-state index contributed by atoms with van der Waals surface area (Å²) >= 11 is 0. The monoisotopic (exact) mass is 278 g/mol. The first kappa shape index (κ1) is 13.5. The summed E-state index contributed by atoms with van der Waals surface area (Å²) in [5.74, 6) is 0.565. The number of nitrogens with zero attached hydrogens (tertiary/aromatic N) is 1. The average Bonchev–Trinajstić information content (AvgIpc) is 2.36. The van der Waals surface area contributed by atoms with Gasteiger partial charge in [0.1, 0.15) is 12.4 Å². The number of sulfonamides is 1. The average molecular weight is 278 g/mol. The van der Waals surface area contributed by atoms with Gasteiger partial charge in [0.05, 0.1) is 10.6 Å². The molecule has 2 rings (SSSR count). The van der Waals surface area contributed by atoms with Crippen molar-refractivity contribution >= 4 is 10.0 Å². The third-order valence-corrected chi connectivity index (χ3v) is 3.41. The van der Waals surface area contributed by atoms with E-state index in [1.54, 1.807) is 12.1 Å². The third-order valence-electron chi connectivity index (χ3n) is 2.48. The van der Waals surface area contributed by atoms with E-state index in [0.717, 1.165) is 11.4 Å². The van der Waals surface area contributed by atoms with Gasteiger partial charge in [0.15, 0.2) is 0 Å². The van der Waals surface area contributed by atoms with Crippen molar-refractivity contribution < 1.29 is 13.2 Å². The van der Waals surface area contributed by atoms with E-state index in [2.05, 4.69) is 4.98 Å². The minimum atomic E-state index is -3.66. The van der Waals surface area contributed by atoms with Gasteiger partial charge < -0.3 is 4.74 Å². The van der Waals surface area contributed by atoms with E-state index in [1.165, 1.54) is 12.1 Å². The predicted octanol–water partition coefficient (Wildman–Crippen LogP) is 1.62. The fourth-order valence-electron chi connectivity index (χ4n) is 1.56. The normalized spacial score (nSPS) is 11.3. The highest BCUT2D eigenvalue weighted by molar-refractivity contribution is 7.89. The number of pyridine rings is 1. The summed E-state index contributed by atoms with van der Waals surface area (Å²) in [7, 11) is -3.66. The van der Waals surface area contributed by atoms with Crippen LogP contribution in [0.2, 0.25) is 0 Å². The molecule has 0 radical (unpaired) electrons. The molecule has 1 aromatic heterocycles. The Labute approximate surface area is 112 Å². The molecule has 0 aliphatic rings. The molecule has 0 bridgehead atoms. The zero-order chi connectivity index (χ0) is 13.9. The van der Waals surface area contributed by atoms with Gasteiger partial charge in [-0.15, -0.1) is 0 Å². The van der Waals surface area contributed by atoms with Crippen molar-refractivity contribution in [2.45, 2.75) is 18.4 Å².